The summed E-state index contributed by atoms with van der Waals surface area (Å²) in [6.07, 6.45) is 1.14. The molecule has 7 nitrogen and oxygen atoms in total. The molecule has 0 saturated carbocycles. The molecule has 1 fully saturated rings. The van der Waals surface area contributed by atoms with Crippen molar-refractivity contribution in [2.45, 2.75) is 29.7 Å². The Morgan fingerprint density at radius 2 is 2.10 bits per heavy atom. The average molecular weight is 448 g/mol. The summed E-state index contributed by atoms with van der Waals surface area (Å²) in [5, 5.41) is 5.01. The van der Waals surface area contributed by atoms with E-state index >= 15 is 0 Å². The van der Waals surface area contributed by atoms with Crippen molar-refractivity contribution in [1.29, 1.82) is 0 Å². The number of hydrogen-bond donors (Lipinski definition) is 1. The van der Waals surface area contributed by atoms with Gasteiger partial charge >= 0.3 is 0 Å². The smallest absolute Gasteiger partial charge is 0.253 e. The molecule has 1 saturated heterocycles. The molecule has 150 valence electrons. The highest BCUT2D eigenvalue weighted by Gasteiger charge is 2.40. The van der Waals surface area contributed by atoms with Crippen molar-refractivity contribution in [2.75, 3.05) is 11.9 Å². The maximum absolute atomic E-state index is 12.9. The number of nitrogens with zero attached hydrogens (tertiary/aromatic N) is 2. The average Bonchev–Trinajstić information content (AvgIpc) is 3.47. The molecule has 4 heterocycles. The van der Waals surface area contributed by atoms with Crippen LogP contribution in [0.25, 0.3) is 11.3 Å². The number of thiazole rings is 1. The summed E-state index contributed by atoms with van der Waals surface area (Å²) in [5.74, 6) is 0.426. The zero-order valence-electron chi connectivity index (χ0n) is 15.2. The minimum atomic E-state index is -3.67. The van der Waals surface area contributed by atoms with Crippen LogP contribution in [0.15, 0.2) is 46.0 Å². The van der Waals surface area contributed by atoms with Crippen molar-refractivity contribution >= 4 is 43.7 Å². The Bertz CT molecular complexity index is 1170. The van der Waals surface area contributed by atoms with Gasteiger partial charge in [0.15, 0.2) is 5.13 Å². The van der Waals surface area contributed by atoms with Gasteiger partial charge in [-0.1, -0.05) is 29.5 Å². The first-order valence-electron chi connectivity index (χ1n) is 9.12. The van der Waals surface area contributed by atoms with E-state index in [-0.39, 0.29) is 10.1 Å². The first-order chi connectivity index (χ1) is 14.0. The van der Waals surface area contributed by atoms with Crippen LogP contribution in [0.4, 0.5) is 5.13 Å². The Morgan fingerprint density at radius 3 is 2.93 bits per heavy atom. The predicted molar refractivity (Wildman–Crippen MR) is 112 cm³/mol. The molecule has 5 rings (SSSR count). The van der Waals surface area contributed by atoms with Crippen LogP contribution in [0.1, 0.15) is 17.7 Å². The standard InChI is InChI=1S/C19H17N3O4S3/c23-18(13-6-3-9-22(13)29(24,25)16-8-4-10-27-16)21-19-20-17-12-5-1-2-7-14(12)26-11-15(17)28-19/h1-2,4-5,7-8,10,13H,3,6,9,11H2,(H,20,21,23)/t13-/m1/s1. The van der Waals surface area contributed by atoms with Crippen molar-refractivity contribution in [3.63, 3.8) is 0 Å². The highest BCUT2D eigenvalue weighted by molar-refractivity contribution is 7.91. The summed E-state index contributed by atoms with van der Waals surface area (Å²) in [6, 6.07) is 10.2. The number of rotatable bonds is 4. The van der Waals surface area contributed by atoms with E-state index in [2.05, 4.69) is 10.3 Å². The molecule has 1 atom stereocenters. The van der Waals surface area contributed by atoms with Gasteiger partial charge in [-0.15, -0.1) is 11.3 Å². The Morgan fingerprint density at radius 1 is 1.24 bits per heavy atom. The van der Waals surface area contributed by atoms with Crippen molar-refractivity contribution < 1.29 is 17.9 Å². The van der Waals surface area contributed by atoms with Crippen LogP contribution in [0.5, 0.6) is 5.75 Å². The third kappa shape index (κ3) is 3.25. The number of ether oxygens (including phenoxy) is 1. The van der Waals surface area contributed by atoms with Crippen molar-refractivity contribution in [1.82, 2.24) is 9.29 Å². The predicted octanol–water partition coefficient (Wildman–Crippen LogP) is 3.56. The van der Waals surface area contributed by atoms with Gasteiger partial charge in [0.05, 0.1) is 10.6 Å². The second-order valence-electron chi connectivity index (χ2n) is 6.77. The van der Waals surface area contributed by atoms with Gasteiger partial charge in [0.1, 0.15) is 22.6 Å². The Labute approximate surface area is 176 Å². The molecule has 2 aliphatic rings. The quantitative estimate of drug-likeness (QED) is 0.661. The zero-order chi connectivity index (χ0) is 20.0. The summed E-state index contributed by atoms with van der Waals surface area (Å²) in [4.78, 5) is 18.4. The lowest BCUT2D eigenvalue weighted by molar-refractivity contribution is -0.119. The van der Waals surface area contributed by atoms with Crippen LogP contribution in [-0.2, 0) is 21.4 Å². The number of anilines is 1. The van der Waals surface area contributed by atoms with E-state index in [0.29, 0.717) is 31.1 Å². The fraction of sp³-hybridized carbons (Fsp3) is 0.263. The van der Waals surface area contributed by atoms with E-state index in [4.69, 9.17) is 4.74 Å². The SMILES string of the molecule is O=C(Nc1nc2c(s1)COc1ccccc1-2)[C@H]1CCCN1S(=O)(=O)c1cccs1. The molecule has 1 N–H and O–H groups in total. The third-order valence-corrected chi connectivity index (χ3v) is 9.22. The molecule has 0 unspecified atom stereocenters. The maximum atomic E-state index is 12.9. The summed E-state index contributed by atoms with van der Waals surface area (Å²) < 4.78 is 33.1. The van der Waals surface area contributed by atoms with Gasteiger partial charge in [-0.25, -0.2) is 13.4 Å². The normalized spacial score (nSPS) is 18.7. The molecule has 2 aliphatic heterocycles. The lowest BCUT2D eigenvalue weighted by atomic mass is 10.1. The number of hydrogen-bond acceptors (Lipinski definition) is 7. The molecule has 0 bridgehead atoms. The summed E-state index contributed by atoms with van der Waals surface area (Å²) >= 11 is 2.52. The monoisotopic (exact) mass is 447 g/mol. The van der Waals surface area contributed by atoms with Gasteiger partial charge in [0.2, 0.25) is 5.91 Å². The highest BCUT2D eigenvalue weighted by atomic mass is 32.2. The van der Waals surface area contributed by atoms with Gasteiger partial charge in [-0.2, -0.15) is 4.31 Å². The minimum absolute atomic E-state index is 0.260. The van der Waals surface area contributed by atoms with E-state index in [1.807, 2.05) is 24.3 Å². The van der Waals surface area contributed by atoms with Gasteiger partial charge < -0.3 is 10.1 Å². The maximum Gasteiger partial charge on any atom is 0.253 e. The molecule has 0 spiro atoms. The lowest BCUT2D eigenvalue weighted by Gasteiger charge is -2.22. The van der Waals surface area contributed by atoms with Crippen LogP contribution < -0.4 is 10.1 Å². The Kier molecular flexibility index (Phi) is 4.66. The number of thiophene rings is 1. The van der Waals surface area contributed by atoms with Crippen molar-refractivity contribution in [2.24, 2.45) is 0 Å². The Balaban J connectivity index is 1.38. The fourth-order valence-corrected chi connectivity index (χ4v) is 7.32. The van der Waals surface area contributed by atoms with Crippen molar-refractivity contribution in [3.05, 3.63) is 46.7 Å². The first kappa shape index (κ1) is 18.7. The number of aromatic nitrogens is 1. The van der Waals surface area contributed by atoms with Gasteiger partial charge in [-0.3, -0.25) is 4.79 Å². The van der Waals surface area contributed by atoms with Crippen LogP contribution in [0.3, 0.4) is 0 Å². The number of carbonyl (C=O) groups is 1. The summed E-state index contributed by atoms with van der Waals surface area (Å²) in [6.45, 7) is 0.746. The van der Waals surface area contributed by atoms with E-state index in [1.165, 1.54) is 15.6 Å². The largest absolute Gasteiger partial charge is 0.487 e. The second kappa shape index (κ2) is 7.21. The van der Waals surface area contributed by atoms with Crippen molar-refractivity contribution in [3.8, 4) is 17.0 Å². The molecule has 0 aliphatic carbocycles. The lowest BCUT2D eigenvalue weighted by Crippen LogP contribution is -2.42. The summed E-state index contributed by atoms with van der Waals surface area (Å²) in [5.41, 5.74) is 1.70. The van der Waals surface area contributed by atoms with Gasteiger partial charge in [0, 0.05) is 12.1 Å². The number of carbonyl (C=O) groups excluding carboxylic acids is 1. The molecule has 2 aromatic heterocycles. The van der Waals surface area contributed by atoms with Crippen LogP contribution in [0, 0.1) is 0 Å². The molecular weight excluding hydrogens is 430 g/mol. The van der Waals surface area contributed by atoms with Gasteiger partial charge in [0.25, 0.3) is 10.0 Å². The summed E-state index contributed by atoms with van der Waals surface area (Å²) in [7, 11) is -3.67. The van der Waals surface area contributed by atoms with E-state index in [1.54, 1.807) is 17.5 Å². The van der Waals surface area contributed by atoms with Crippen LogP contribution in [-0.4, -0.2) is 36.2 Å². The fourth-order valence-electron chi connectivity index (χ4n) is 3.65. The van der Waals surface area contributed by atoms with E-state index < -0.39 is 16.1 Å². The number of sulfonamides is 1. The molecular formula is C19H17N3O4S3. The molecule has 3 aromatic rings. The topological polar surface area (TPSA) is 88.6 Å². The number of nitrogens with one attached hydrogen (secondary N) is 1. The zero-order valence-corrected chi connectivity index (χ0v) is 17.6. The molecule has 10 heteroatoms. The van der Waals surface area contributed by atoms with E-state index in [9.17, 15) is 13.2 Å². The number of fused-ring (bicyclic) bond motifs is 3. The van der Waals surface area contributed by atoms with Gasteiger partial charge in [-0.05, 0) is 36.4 Å². The molecule has 0 radical (unpaired) electrons. The minimum Gasteiger partial charge on any atom is -0.487 e. The first-order valence-corrected chi connectivity index (χ1v) is 12.3. The Hall–Kier alpha value is -2.27. The number of amides is 1. The molecule has 1 amide bonds. The molecule has 29 heavy (non-hydrogen) atoms. The third-order valence-electron chi connectivity index (χ3n) is 4.99. The second-order valence-corrected chi connectivity index (χ2v) is 10.9. The number of para-hydroxylation sites is 1. The van der Waals surface area contributed by atoms with Crippen LogP contribution >= 0.6 is 22.7 Å². The van der Waals surface area contributed by atoms with E-state index in [0.717, 1.165) is 33.2 Å². The highest BCUT2D eigenvalue weighted by Crippen LogP contribution is 2.41. The van der Waals surface area contributed by atoms with Crippen LogP contribution in [0.2, 0.25) is 0 Å². The number of benzene rings is 1. The molecule has 1 aromatic carbocycles.